The fourth-order valence-corrected chi connectivity index (χ4v) is 4.32. The Labute approximate surface area is 190 Å². The van der Waals surface area contributed by atoms with Crippen molar-refractivity contribution in [1.29, 1.82) is 0 Å². The SMILES string of the molecule is O=C(NCc1ccc(N2CCCCCC2)nc1)C1CC(=O)N(c2cccc(C(F)(F)F)c2)C1. The van der Waals surface area contributed by atoms with Crippen molar-refractivity contribution in [2.45, 2.75) is 44.8 Å². The van der Waals surface area contributed by atoms with Gasteiger partial charge in [-0.15, -0.1) is 0 Å². The third-order valence-electron chi connectivity index (χ3n) is 6.19. The number of rotatable bonds is 5. The molecule has 6 nitrogen and oxygen atoms in total. The summed E-state index contributed by atoms with van der Waals surface area (Å²) in [4.78, 5) is 33.1. The number of carbonyl (C=O) groups is 2. The molecule has 1 unspecified atom stereocenters. The zero-order valence-corrected chi connectivity index (χ0v) is 18.3. The van der Waals surface area contributed by atoms with Crippen molar-refractivity contribution in [2.24, 2.45) is 5.92 Å². The predicted molar refractivity (Wildman–Crippen MR) is 119 cm³/mol. The monoisotopic (exact) mass is 460 g/mol. The van der Waals surface area contributed by atoms with Crippen molar-refractivity contribution >= 4 is 23.3 Å². The third kappa shape index (κ3) is 5.64. The summed E-state index contributed by atoms with van der Waals surface area (Å²) in [5.74, 6) is -0.339. The van der Waals surface area contributed by atoms with Crippen LogP contribution in [0.3, 0.4) is 0 Å². The second-order valence-electron chi connectivity index (χ2n) is 8.60. The van der Waals surface area contributed by atoms with E-state index in [1.165, 1.54) is 29.9 Å². The molecule has 4 rings (SSSR count). The highest BCUT2D eigenvalue weighted by Crippen LogP contribution is 2.33. The molecule has 0 radical (unpaired) electrons. The van der Waals surface area contributed by atoms with Gasteiger partial charge in [0.1, 0.15) is 5.82 Å². The van der Waals surface area contributed by atoms with Gasteiger partial charge in [-0.1, -0.05) is 25.0 Å². The molecule has 1 atom stereocenters. The number of carbonyl (C=O) groups excluding carboxylic acids is 2. The molecule has 2 aliphatic heterocycles. The zero-order chi connectivity index (χ0) is 23.4. The number of nitrogens with zero attached hydrogens (tertiary/aromatic N) is 3. The molecule has 0 saturated carbocycles. The van der Waals surface area contributed by atoms with Crippen LogP contribution in [0.4, 0.5) is 24.7 Å². The summed E-state index contributed by atoms with van der Waals surface area (Å²) in [6, 6.07) is 8.51. The fraction of sp³-hybridized carbons (Fsp3) is 0.458. The summed E-state index contributed by atoms with van der Waals surface area (Å²) < 4.78 is 39.0. The Hall–Kier alpha value is -3.10. The van der Waals surface area contributed by atoms with Crippen molar-refractivity contribution in [2.75, 3.05) is 29.4 Å². The first-order chi connectivity index (χ1) is 15.8. The third-order valence-corrected chi connectivity index (χ3v) is 6.19. The second kappa shape index (κ2) is 9.80. The van der Waals surface area contributed by atoms with Gasteiger partial charge in [-0.25, -0.2) is 4.98 Å². The minimum absolute atomic E-state index is 0.0335. The molecule has 2 amide bonds. The van der Waals surface area contributed by atoms with Gasteiger partial charge in [-0.05, 0) is 42.7 Å². The van der Waals surface area contributed by atoms with Crippen molar-refractivity contribution in [3.63, 3.8) is 0 Å². The number of hydrogen-bond acceptors (Lipinski definition) is 4. The summed E-state index contributed by atoms with van der Waals surface area (Å²) in [5, 5.41) is 2.83. The van der Waals surface area contributed by atoms with Crippen LogP contribution in [0.25, 0.3) is 0 Å². The summed E-state index contributed by atoms with van der Waals surface area (Å²) in [6.07, 6.45) is 2.04. The van der Waals surface area contributed by atoms with Crippen molar-refractivity contribution in [1.82, 2.24) is 10.3 Å². The molecule has 2 fully saturated rings. The molecule has 176 valence electrons. The number of benzene rings is 1. The molecule has 33 heavy (non-hydrogen) atoms. The Kier molecular flexibility index (Phi) is 6.85. The van der Waals surface area contributed by atoms with E-state index < -0.39 is 17.7 Å². The van der Waals surface area contributed by atoms with Crippen molar-refractivity contribution in [3.05, 3.63) is 53.7 Å². The average molecular weight is 461 g/mol. The van der Waals surface area contributed by atoms with Gasteiger partial charge in [0, 0.05) is 44.5 Å². The van der Waals surface area contributed by atoms with Crippen LogP contribution in [0.2, 0.25) is 0 Å². The van der Waals surface area contributed by atoms with E-state index >= 15 is 0 Å². The highest BCUT2D eigenvalue weighted by atomic mass is 19.4. The van der Waals surface area contributed by atoms with Gasteiger partial charge < -0.3 is 15.1 Å². The van der Waals surface area contributed by atoms with E-state index in [0.717, 1.165) is 49.4 Å². The van der Waals surface area contributed by atoms with Gasteiger partial charge in [-0.2, -0.15) is 13.2 Å². The Morgan fingerprint density at radius 1 is 1.09 bits per heavy atom. The lowest BCUT2D eigenvalue weighted by molar-refractivity contribution is -0.137. The van der Waals surface area contributed by atoms with Gasteiger partial charge in [0.2, 0.25) is 11.8 Å². The number of hydrogen-bond donors (Lipinski definition) is 1. The lowest BCUT2D eigenvalue weighted by Crippen LogP contribution is -2.32. The molecule has 1 N–H and O–H groups in total. The molecule has 9 heteroatoms. The Bertz CT molecular complexity index is 986. The van der Waals surface area contributed by atoms with Crippen LogP contribution in [0.1, 0.15) is 43.2 Å². The molecule has 0 aliphatic carbocycles. The lowest BCUT2D eigenvalue weighted by Gasteiger charge is -2.21. The van der Waals surface area contributed by atoms with E-state index in [1.54, 1.807) is 6.20 Å². The molecule has 2 aliphatic rings. The summed E-state index contributed by atoms with van der Waals surface area (Å²) in [5.41, 5.74) is 0.177. The highest BCUT2D eigenvalue weighted by Gasteiger charge is 2.36. The number of aromatic nitrogens is 1. The van der Waals surface area contributed by atoms with E-state index in [0.29, 0.717) is 0 Å². The van der Waals surface area contributed by atoms with E-state index in [1.807, 2.05) is 12.1 Å². The van der Waals surface area contributed by atoms with Crippen molar-refractivity contribution in [3.8, 4) is 0 Å². The van der Waals surface area contributed by atoms with E-state index in [9.17, 15) is 22.8 Å². The Morgan fingerprint density at radius 3 is 2.52 bits per heavy atom. The maximum Gasteiger partial charge on any atom is 0.416 e. The minimum atomic E-state index is -4.49. The Morgan fingerprint density at radius 2 is 1.85 bits per heavy atom. The van der Waals surface area contributed by atoms with Crippen LogP contribution in [0, 0.1) is 5.92 Å². The first-order valence-corrected chi connectivity index (χ1v) is 11.3. The van der Waals surface area contributed by atoms with E-state index in [-0.39, 0.29) is 37.0 Å². The normalized spacial score (nSPS) is 19.5. The van der Waals surface area contributed by atoms with Gasteiger partial charge in [-0.3, -0.25) is 9.59 Å². The summed E-state index contributed by atoms with van der Waals surface area (Å²) in [6.45, 7) is 2.33. The minimum Gasteiger partial charge on any atom is -0.357 e. The topological polar surface area (TPSA) is 65.5 Å². The second-order valence-corrected chi connectivity index (χ2v) is 8.60. The smallest absolute Gasteiger partial charge is 0.357 e. The summed E-state index contributed by atoms with van der Waals surface area (Å²) in [7, 11) is 0. The van der Waals surface area contributed by atoms with Gasteiger partial charge in [0.05, 0.1) is 11.5 Å². The van der Waals surface area contributed by atoms with Crippen LogP contribution in [0.15, 0.2) is 42.6 Å². The van der Waals surface area contributed by atoms with E-state index in [2.05, 4.69) is 15.2 Å². The van der Waals surface area contributed by atoms with Crippen LogP contribution in [-0.2, 0) is 22.3 Å². The average Bonchev–Trinajstić information content (AvgIpc) is 3.00. The number of pyridine rings is 1. The quantitative estimate of drug-likeness (QED) is 0.728. The standard InChI is InChI=1S/C24H27F3N4O2/c25-24(26,27)19-6-5-7-20(13-19)31-16-18(12-22(31)32)23(33)29-15-17-8-9-21(28-14-17)30-10-3-1-2-4-11-30/h5-9,13-14,18H,1-4,10-12,15-16H2,(H,29,33). The molecule has 2 aromatic rings. The molecular weight excluding hydrogens is 433 g/mol. The Balaban J connectivity index is 1.33. The van der Waals surface area contributed by atoms with Crippen LogP contribution in [0.5, 0.6) is 0 Å². The fourth-order valence-electron chi connectivity index (χ4n) is 4.32. The number of alkyl halides is 3. The molecule has 0 spiro atoms. The molecule has 3 heterocycles. The van der Waals surface area contributed by atoms with Crippen LogP contribution >= 0.6 is 0 Å². The van der Waals surface area contributed by atoms with Crippen LogP contribution in [-0.4, -0.2) is 36.4 Å². The molecule has 1 aromatic heterocycles. The van der Waals surface area contributed by atoms with Gasteiger partial charge in [0.15, 0.2) is 0 Å². The predicted octanol–water partition coefficient (Wildman–Crippen LogP) is 4.15. The first-order valence-electron chi connectivity index (χ1n) is 11.3. The number of halogens is 3. The summed E-state index contributed by atoms with van der Waals surface area (Å²) >= 11 is 0. The molecule has 0 bridgehead atoms. The molecule has 2 saturated heterocycles. The van der Waals surface area contributed by atoms with Gasteiger partial charge >= 0.3 is 6.18 Å². The molecular formula is C24H27F3N4O2. The maximum absolute atomic E-state index is 13.0. The van der Waals surface area contributed by atoms with Gasteiger partial charge in [0.25, 0.3) is 0 Å². The number of anilines is 2. The van der Waals surface area contributed by atoms with E-state index in [4.69, 9.17) is 0 Å². The zero-order valence-electron chi connectivity index (χ0n) is 18.3. The number of amides is 2. The largest absolute Gasteiger partial charge is 0.416 e. The number of nitrogens with one attached hydrogen (secondary N) is 1. The first kappa shape index (κ1) is 23.1. The van der Waals surface area contributed by atoms with Crippen LogP contribution < -0.4 is 15.1 Å². The maximum atomic E-state index is 13.0. The van der Waals surface area contributed by atoms with Crippen molar-refractivity contribution < 1.29 is 22.8 Å². The lowest BCUT2D eigenvalue weighted by atomic mass is 10.1. The highest BCUT2D eigenvalue weighted by molar-refractivity contribution is 6.00. The molecule has 1 aromatic carbocycles.